The molecule has 2 amide bonds. The number of hydrogen-bond donors (Lipinski definition) is 3. The molecule has 0 saturated carbocycles. The number of phenols is 1. The minimum Gasteiger partial charge on any atom is -0.508 e. The first kappa shape index (κ1) is 22.2. The zero-order valence-electron chi connectivity index (χ0n) is 13.0. The summed E-state index contributed by atoms with van der Waals surface area (Å²) in [7, 11) is 0. The molecule has 5 N–H and O–H groups in total. The van der Waals surface area contributed by atoms with Crippen LogP contribution in [-0.4, -0.2) is 17.9 Å². The Morgan fingerprint density at radius 1 is 0.826 bits per heavy atom. The Hall–Kier alpha value is -3.08. The zero-order chi connectivity index (χ0) is 17.8. The van der Waals surface area contributed by atoms with Gasteiger partial charge in [0.25, 0.3) is 0 Å². The second-order valence-corrected chi connectivity index (χ2v) is 3.92. The summed E-state index contributed by atoms with van der Waals surface area (Å²) >= 11 is 0. The van der Waals surface area contributed by atoms with E-state index in [2.05, 4.69) is 60.1 Å². The highest BCUT2D eigenvalue weighted by atomic mass is 16.3. The van der Waals surface area contributed by atoms with Crippen LogP contribution in [0.1, 0.15) is 12.8 Å². The first-order valence-electron chi connectivity index (χ1n) is 6.84. The average Bonchev–Trinajstić information content (AvgIpc) is 3.28. The quantitative estimate of drug-likeness (QED) is 0.684. The fourth-order valence-corrected chi connectivity index (χ4v) is 1.21. The molecule has 23 heavy (non-hydrogen) atoms. The highest BCUT2D eigenvalue weighted by Gasteiger charge is 1.75. The van der Waals surface area contributed by atoms with Crippen LogP contribution in [0.2, 0.25) is 0 Å². The summed E-state index contributed by atoms with van der Waals surface area (Å²) in [5, 5.41) is 8.63. The molecule has 0 unspecified atom stereocenters. The van der Waals surface area contributed by atoms with Crippen molar-refractivity contribution in [3.05, 3.63) is 78.9 Å². The number of carbonyl (C=O) groups excluding carboxylic acids is 2. The lowest BCUT2D eigenvalue weighted by Crippen LogP contribution is -2.18. The lowest BCUT2D eigenvalue weighted by atomic mass is 10.3. The van der Waals surface area contributed by atoms with Crippen molar-refractivity contribution in [2.24, 2.45) is 11.5 Å². The average molecular weight is 316 g/mol. The van der Waals surface area contributed by atoms with Crippen molar-refractivity contribution in [3.8, 4) is 5.75 Å². The molecule has 2 aliphatic carbocycles. The van der Waals surface area contributed by atoms with Crippen molar-refractivity contribution >= 4 is 12.8 Å². The van der Waals surface area contributed by atoms with E-state index in [1.807, 2.05) is 12.9 Å². The summed E-state index contributed by atoms with van der Waals surface area (Å²) in [6.45, 7) is 2.00. The predicted octanol–water partition coefficient (Wildman–Crippen LogP) is 3.24. The molecule has 0 saturated heterocycles. The molecule has 0 spiro atoms. The van der Waals surface area contributed by atoms with Gasteiger partial charge in [0.15, 0.2) is 0 Å². The monoisotopic (exact) mass is 316 g/mol. The predicted molar refractivity (Wildman–Crippen MR) is 94.8 cm³/mol. The lowest BCUT2D eigenvalue weighted by molar-refractivity contribution is -0.0979. The molecule has 5 heteroatoms. The van der Waals surface area contributed by atoms with Crippen molar-refractivity contribution in [1.82, 2.24) is 0 Å². The zero-order valence-corrected chi connectivity index (χ0v) is 13.0. The fraction of sp³-hybridized carbons (Fsp3) is 0.111. The third-order valence-corrected chi connectivity index (χ3v) is 2.07. The van der Waals surface area contributed by atoms with Crippen molar-refractivity contribution in [1.29, 1.82) is 0 Å². The minimum atomic E-state index is -0.833. The number of aromatic hydroxyl groups is 1. The normalized spacial score (nSPS) is 11.5. The summed E-state index contributed by atoms with van der Waals surface area (Å²) in [4.78, 5) is 17.0. The van der Waals surface area contributed by atoms with Crippen LogP contribution in [0, 0.1) is 0 Å². The molecule has 124 valence electrons. The van der Waals surface area contributed by atoms with E-state index in [0.29, 0.717) is 5.75 Å². The Morgan fingerprint density at radius 3 is 1.26 bits per heavy atom. The summed E-state index contributed by atoms with van der Waals surface area (Å²) in [6.07, 6.45) is 19.0. The largest absolute Gasteiger partial charge is 0.508 e. The molecule has 2 aliphatic rings. The number of urea groups is 1. The topological polar surface area (TPSA) is 106 Å². The van der Waals surface area contributed by atoms with Gasteiger partial charge < -0.3 is 21.4 Å². The van der Waals surface area contributed by atoms with Crippen LogP contribution in [0.4, 0.5) is 4.79 Å². The van der Waals surface area contributed by atoms with Gasteiger partial charge >= 0.3 is 6.03 Å². The molecule has 0 heterocycles. The van der Waals surface area contributed by atoms with Crippen LogP contribution in [0.3, 0.4) is 0 Å². The maximum Gasteiger partial charge on any atom is 0.309 e. The van der Waals surface area contributed by atoms with Crippen molar-refractivity contribution in [2.45, 2.75) is 12.8 Å². The smallest absolute Gasteiger partial charge is 0.309 e. The van der Waals surface area contributed by atoms with Gasteiger partial charge in [-0.1, -0.05) is 66.8 Å². The molecule has 0 atom stereocenters. The second-order valence-electron chi connectivity index (χ2n) is 3.92. The summed E-state index contributed by atoms with van der Waals surface area (Å²) in [6, 6.07) is 7.88. The molecular weight excluding hydrogens is 292 g/mol. The third kappa shape index (κ3) is 24.3. The van der Waals surface area contributed by atoms with Gasteiger partial charge in [-0.25, -0.2) is 4.79 Å². The first-order chi connectivity index (χ1) is 11.1. The molecule has 1 aromatic rings. The molecular formula is C18H24N2O3. The molecule has 0 aromatic heterocycles. The van der Waals surface area contributed by atoms with E-state index in [0.717, 1.165) is 12.8 Å². The van der Waals surface area contributed by atoms with Gasteiger partial charge in [0.05, 0.1) is 0 Å². The van der Waals surface area contributed by atoms with E-state index in [4.69, 9.17) is 14.7 Å². The summed E-state index contributed by atoms with van der Waals surface area (Å²) in [5.41, 5.74) is 8.50. The van der Waals surface area contributed by atoms with Crippen LogP contribution >= 0.6 is 0 Å². The lowest BCUT2D eigenvalue weighted by Gasteiger charge is -1.82. The number of primary amides is 2. The van der Waals surface area contributed by atoms with E-state index in [1.54, 1.807) is 24.3 Å². The molecule has 0 fully saturated rings. The van der Waals surface area contributed by atoms with Crippen LogP contribution < -0.4 is 11.5 Å². The number of hydrogen-bond acceptors (Lipinski definition) is 3. The first-order valence-corrected chi connectivity index (χ1v) is 6.84. The Balaban J connectivity index is 0. The van der Waals surface area contributed by atoms with Crippen molar-refractivity contribution in [2.75, 3.05) is 0 Å². The number of rotatable bonds is 0. The molecule has 1 aromatic carbocycles. The Labute approximate surface area is 137 Å². The maximum absolute atomic E-state index is 9.00. The highest BCUT2D eigenvalue weighted by molar-refractivity contribution is 5.69. The van der Waals surface area contributed by atoms with Gasteiger partial charge in [-0.3, -0.25) is 0 Å². The Kier molecular flexibility index (Phi) is 18.3. The molecule has 0 bridgehead atoms. The standard InChI is InChI=1S/C6H6O.2C5H6.CH4N2O.CH2O/c7-6-4-2-1-3-5-6;2*1-2-4-5-3-1;2-1(3)4;1-2/h1-5,7H;2*1-4H,5H2;(H4,2,3,4);1H2. The SMILES string of the molecule is C1=CCC=C1.C1=CCC=C1.C=O.NC(N)=O.Oc1ccccc1. The highest BCUT2D eigenvalue weighted by Crippen LogP contribution is 2.02. The van der Waals surface area contributed by atoms with E-state index in [1.165, 1.54) is 0 Å². The maximum atomic E-state index is 9.00. The van der Waals surface area contributed by atoms with Gasteiger partial charge in [0.1, 0.15) is 12.5 Å². The van der Waals surface area contributed by atoms with Crippen LogP contribution in [-0.2, 0) is 4.79 Å². The van der Waals surface area contributed by atoms with Crippen LogP contribution in [0.5, 0.6) is 5.75 Å². The summed E-state index contributed by atoms with van der Waals surface area (Å²) < 4.78 is 0. The van der Waals surface area contributed by atoms with E-state index in [9.17, 15) is 0 Å². The molecule has 5 nitrogen and oxygen atoms in total. The van der Waals surface area contributed by atoms with E-state index in [-0.39, 0.29) is 0 Å². The fourth-order valence-electron chi connectivity index (χ4n) is 1.21. The Bertz CT molecular complexity index is 460. The molecule has 0 radical (unpaired) electrons. The van der Waals surface area contributed by atoms with E-state index < -0.39 is 6.03 Å². The minimum absolute atomic E-state index is 0.322. The number of amides is 2. The number of nitrogens with two attached hydrogens (primary N) is 2. The number of carbonyl (C=O) groups is 2. The second kappa shape index (κ2) is 18.9. The van der Waals surface area contributed by atoms with Crippen molar-refractivity contribution in [3.63, 3.8) is 0 Å². The Morgan fingerprint density at radius 2 is 1.13 bits per heavy atom. The van der Waals surface area contributed by atoms with Gasteiger partial charge in [0.2, 0.25) is 0 Å². The van der Waals surface area contributed by atoms with Crippen LogP contribution in [0.25, 0.3) is 0 Å². The number of phenolic OH excluding ortho intramolecular Hbond substituents is 1. The van der Waals surface area contributed by atoms with Gasteiger partial charge in [0, 0.05) is 0 Å². The molecule has 0 aliphatic heterocycles. The number of benzene rings is 1. The summed E-state index contributed by atoms with van der Waals surface area (Å²) in [5.74, 6) is 0.322. The van der Waals surface area contributed by atoms with Gasteiger partial charge in [-0.15, -0.1) is 0 Å². The molecule has 3 rings (SSSR count). The number of allylic oxidation sites excluding steroid dienone is 8. The van der Waals surface area contributed by atoms with Gasteiger partial charge in [-0.2, -0.15) is 0 Å². The van der Waals surface area contributed by atoms with E-state index >= 15 is 0 Å². The van der Waals surface area contributed by atoms with Gasteiger partial charge in [-0.05, 0) is 25.0 Å². The third-order valence-electron chi connectivity index (χ3n) is 2.07. The van der Waals surface area contributed by atoms with Crippen LogP contribution in [0.15, 0.2) is 78.9 Å². The van der Waals surface area contributed by atoms with Crippen molar-refractivity contribution < 1.29 is 14.7 Å². The number of para-hydroxylation sites is 1.